The van der Waals surface area contributed by atoms with Gasteiger partial charge in [0, 0.05) is 17.3 Å². The molecule has 5 aromatic rings. The van der Waals surface area contributed by atoms with E-state index in [1.54, 1.807) is 42.5 Å². The Morgan fingerprint density at radius 1 is 0.839 bits per heavy atom. The van der Waals surface area contributed by atoms with Crippen LogP contribution in [0.1, 0.15) is 11.1 Å². The molecule has 0 atom stereocenters. The lowest BCUT2D eigenvalue weighted by Crippen LogP contribution is -2.08. The molecule has 2 heterocycles. The number of nitrogens with zero attached hydrogens (tertiary/aromatic N) is 2. The van der Waals surface area contributed by atoms with Crippen LogP contribution in [-0.2, 0) is 12.9 Å². The normalized spacial score (nSPS) is 12.0. The Morgan fingerprint density at radius 2 is 1.58 bits per heavy atom. The second-order valence-electron chi connectivity index (χ2n) is 7.17. The van der Waals surface area contributed by atoms with Crippen LogP contribution in [0.3, 0.4) is 0 Å². The summed E-state index contributed by atoms with van der Waals surface area (Å²) in [4.78, 5) is 11.8. The molecule has 0 amide bonds. The summed E-state index contributed by atoms with van der Waals surface area (Å²) in [5, 5.41) is 1.37. The molecule has 7 heteroatoms. The van der Waals surface area contributed by atoms with Gasteiger partial charge in [0.05, 0.1) is 22.3 Å². The van der Waals surface area contributed by atoms with Gasteiger partial charge in [0.15, 0.2) is 0 Å². The van der Waals surface area contributed by atoms with E-state index >= 15 is 0 Å². The largest absolute Gasteiger partial charge is 0.418 e. The molecule has 0 aliphatic carbocycles. The van der Waals surface area contributed by atoms with Crippen molar-refractivity contribution in [2.75, 3.05) is 0 Å². The van der Waals surface area contributed by atoms with Crippen LogP contribution in [0.25, 0.3) is 44.5 Å². The summed E-state index contributed by atoms with van der Waals surface area (Å²) in [6.45, 7) is -0.576. The second-order valence-corrected chi connectivity index (χ2v) is 7.17. The quantitative estimate of drug-likeness (QED) is 0.321. The summed E-state index contributed by atoms with van der Waals surface area (Å²) in [5.41, 5.74) is 2.15. The third-order valence-corrected chi connectivity index (χ3v) is 5.25. The van der Waals surface area contributed by atoms with Crippen LogP contribution < -0.4 is 0 Å². The van der Waals surface area contributed by atoms with E-state index in [1.165, 1.54) is 12.3 Å². The summed E-state index contributed by atoms with van der Waals surface area (Å²) in [6.07, 6.45) is -3.16. The molecule has 0 radical (unpaired) electrons. The number of imidazole rings is 1. The van der Waals surface area contributed by atoms with E-state index in [-0.39, 0.29) is 5.69 Å². The number of fused-ring (bicyclic) bond motifs is 2. The monoisotopic (exact) mass is 421 g/mol. The van der Waals surface area contributed by atoms with Gasteiger partial charge >= 0.3 is 6.18 Å². The van der Waals surface area contributed by atoms with Crippen molar-refractivity contribution in [3.8, 4) is 22.6 Å². The zero-order valence-corrected chi connectivity index (χ0v) is 16.0. The first-order chi connectivity index (χ1) is 15.0. The predicted molar refractivity (Wildman–Crippen MR) is 112 cm³/mol. The van der Waals surface area contributed by atoms with Crippen molar-refractivity contribution < 1.29 is 17.6 Å². The van der Waals surface area contributed by atoms with Crippen LogP contribution in [0.4, 0.5) is 17.6 Å². The Labute approximate surface area is 174 Å². The van der Waals surface area contributed by atoms with Crippen LogP contribution in [0, 0.1) is 0 Å². The van der Waals surface area contributed by atoms with Crippen molar-refractivity contribution in [1.82, 2.24) is 15.0 Å². The molecule has 0 spiro atoms. The molecule has 0 bridgehead atoms. The first kappa shape index (κ1) is 19.2. The van der Waals surface area contributed by atoms with Crippen LogP contribution in [0.5, 0.6) is 0 Å². The Kier molecular flexibility index (Phi) is 4.46. The number of H-pyrrole nitrogens is 1. The average Bonchev–Trinajstić information content (AvgIpc) is 3.20. The molecule has 3 nitrogen and oxygen atoms in total. The lowest BCUT2D eigenvalue weighted by Gasteiger charge is -2.14. The highest BCUT2D eigenvalue weighted by molar-refractivity contribution is 6.04. The summed E-state index contributed by atoms with van der Waals surface area (Å²) < 4.78 is 53.7. The van der Waals surface area contributed by atoms with Gasteiger partial charge in [-0.2, -0.15) is 13.2 Å². The third-order valence-electron chi connectivity index (χ3n) is 5.25. The van der Waals surface area contributed by atoms with Crippen molar-refractivity contribution in [3.63, 3.8) is 0 Å². The topological polar surface area (TPSA) is 41.6 Å². The van der Waals surface area contributed by atoms with Gasteiger partial charge in [0.1, 0.15) is 12.5 Å². The summed E-state index contributed by atoms with van der Waals surface area (Å²) in [6, 6.07) is 18.0. The molecule has 0 aliphatic rings. The standard InChI is InChI=1S/C24H15F4N3/c25-13-14-7-10-20-21(12-14)31-23(30-20)18-9-8-17(15-4-1-2-5-16(15)18)22-19(24(26,27)28)6-3-11-29-22/h1-12H,13H2,(H,30,31). The van der Waals surface area contributed by atoms with Gasteiger partial charge in [-0.05, 0) is 46.7 Å². The number of alkyl halides is 4. The number of halogens is 4. The maximum Gasteiger partial charge on any atom is 0.418 e. The highest BCUT2D eigenvalue weighted by atomic mass is 19.4. The van der Waals surface area contributed by atoms with E-state index < -0.39 is 18.4 Å². The summed E-state index contributed by atoms with van der Waals surface area (Å²) in [5.74, 6) is 0.561. The maximum absolute atomic E-state index is 13.6. The number of hydrogen-bond acceptors (Lipinski definition) is 2. The number of nitrogens with one attached hydrogen (secondary N) is 1. The average molecular weight is 421 g/mol. The molecule has 31 heavy (non-hydrogen) atoms. The first-order valence-electron chi connectivity index (χ1n) is 9.55. The first-order valence-corrected chi connectivity index (χ1v) is 9.55. The Morgan fingerprint density at radius 3 is 2.32 bits per heavy atom. The molecule has 3 aromatic carbocycles. The van der Waals surface area contributed by atoms with Crippen molar-refractivity contribution in [3.05, 3.63) is 84.1 Å². The molecule has 5 rings (SSSR count). The van der Waals surface area contributed by atoms with E-state index in [0.717, 1.165) is 17.0 Å². The molecule has 0 aliphatic heterocycles. The minimum atomic E-state index is -4.52. The summed E-state index contributed by atoms with van der Waals surface area (Å²) in [7, 11) is 0. The maximum atomic E-state index is 13.6. The van der Waals surface area contributed by atoms with Gasteiger partial charge in [0.25, 0.3) is 0 Å². The third kappa shape index (κ3) is 3.32. The van der Waals surface area contributed by atoms with E-state index in [2.05, 4.69) is 15.0 Å². The smallest absolute Gasteiger partial charge is 0.338 e. The highest BCUT2D eigenvalue weighted by Crippen LogP contribution is 2.40. The fourth-order valence-electron chi connectivity index (χ4n) is 3.83. The van der Waals surface area contributed by atoms with Crippen LogP contribution in [0.2, 0.25) is 0 Å². The summed E-state index contributed by atoms with van der Waals surface area (Å²) >= 11 is 0. The SMILES string of the molecule is FCc1ccc2nc(-c3ccc(-c4ncccc4C(F)(F)F)c4ccccc34)[nH]c2c1. The van der Waals surface area contributed by atoms with Gasteiger partial charge < -0.3 is 4.98 Å². The van der Waals surface area contributed by atoms with E-state index in [1.807, 2.05) is 12.1 Å². The van der Waals surface area contributed by atoms with Crippen LogP contribution >= 0.6 is 0 Å². The molecule has 0 saturated heterocycles. The van der Waals surface area contributed by atoms with Gasteiger partial charge in [-0.15, -0.1) is 0 Å². The minimum absolute atomic E-state index is 0.116. The van der Waals surface area contributed by atoms with Crippen LogP contribution in [-0.4, -0.2) is 15.0 Å². The lowest BCUT2D eigenvalue weighted by molar-refractivity contribution is -0.137. The molecule has 0 unspecified atom stereocenters. The predicted octanol–water partition coefficient (Wildman–Crippen LogP) is 6.93. The van der Waals surface area contributed by atoms with Crippen LogP contribution in [0.15, 0.2) is 72.9 Å². The minimum Gasteiger partial charge on any atom is -0.338 e. The fourth-order valence-corrected chi connectivity index (χ4v) is 3.83. The number of pyridine rings is 1. The van der Waals surface area contributed by atoms with E-state index in [9.17, 15) is 17.6 Å². The zero-order valence-electron chi connectivity index (χ0n) is 16.0. The lowest BCUT2D eigenvalue weighted by atomic mass is 9.95. The van der Waals surface area contributed by atoms with Gasteiger partial charge in [-0.3, -0.25) is 4.98 Å². The Bertz CT molecular complexity index is 1420. The van der Waals surface area contributed by atoms with Crippen molar-refractivity contribution >= 4 is 21.8 Å². The Balaban J connectivity index is 1.73. The number of aromatic nitrogens is 3. The van der Waals surface area contributed by atoms with Crippen molar-refractivity contribution in [2.24, 2.45) is 0 Å². The van der Waals surface area contributed by atoms with E-state index in [4.69, 9.17) is 0 Å². The van der Waals surface area contributed by atoms with Crippen molar-refractivity contribution in [2.45, 2.75) is 12.9 Å². The molecule has 154 valence electrons. The van der Waals surface area contributed by atoms with Gasteiger partial charge in [-0.1, -0.05) is 36.4 Å². The van der Waals surface area contributed by atoms with Gasteiger partial charge in [-0.25, -0.2) is 9.37 Å². The number of aromatic amines is 1. The zero-order chi connectivity index (χ0) is 21.6. The number of rotatable bonds is 3. The number of benzene rings is 3. The van der Waals surface area contributed by atoms with E-state index in [0.29, 0.717) is 33.4 Å². The molecule has 0 saturated carbocycles. The molecule has 2 aromatic heterocycles. The molecular formula is C24H15F4N3. The highest BCUT2D eigenvalue weighted by Gasteiger charge is 2.34. The fraction of sp³-hybridized carbons (Fsp3) is 0.0833. The molecule has 0 fully saturated rings. The Hall–Kier alpha value is -3.74. The van der Waals surface area contributed by atoms with Crippen molar-refractivity contribution in [1.29, 1.82) is 0 Å². The molecular weight excluding hydrogens is 406 g/mol. The second kappa shape index (κ2) is 7.19. The molecule has 1 N–H and O–H groups in total. The van der Waals surface area contributed by atoms with Gasteiger partial charge in [0.2, 0.25) is 0 Å². The number of hydrogen-bond donors (Lipinski definition) is 1.